The van der Waals surface area contributed by atoms with Gasteiger partial charge in [0.2, 0.25) is 0 Å². The molecule has 0 fully saturated rings. The summed E-state index contributed by atoms with van der Waals surface area (Å²) in [7, 11) is 0. The van der Waals surface area contributed by atoms with Crippen molar-refractivity contribution in [3.8, 4) is 0 Å². The predicted molar refractivity (Wildman–Crippen MR) is 111 cm³/mol. The van der Waals surface area contributed by atoms with Gasteiger partial charge in [-0.15, -0.1) is 0 Å². The molecule has 2 rings (SSSR count). The third kappa shape index (κ3) is 6.51. The van der Waals surface area contributed by atoms with Crippen LogP contribution in [0.3, 0.4) is 0 Å². The fraction of sp³-hybridized carbons (Fsp3) is 0.333. The number of rotatable bonds is 9. The first-order chi connectivity index (χ1) is 13.3. The first-order valence-corrected chi connectivity index (χ1v) is 9.60. The van der Waals surface area contributed by atoms with E-state index in [2.05, 4.69) is 5.16 Å². The number of carboxylic acids is 1. The molecule has 150 valence electrons. The molecule has 2 aromatic rings. The number of carboxylic acid groups (broad SMARTS) is 1. The Labute approximate surface area is 174 Å². The largest absolute Gasteiger partial charge is 0.479 e. The summed E-state index contributed by atoms with van der Waals surface area (Å²) in [6.07, 6.45) is -0.797. The minimum atomic E-state index is -0.982. The number of nitrogens with zero attached hydrogens (tertiary/aromatic N) is 1. The van der Waals surface area contributed by atoms with E-state index in [1.807, 2.05) is 45.0 Å². The maximum atomic E-state index is 11.4. The zero-order valence-corrected chi connectivity index (χ0v) is 17.5. The number of hydrogen-bond acceptors (Lipinski definition) is 4. The molecule has 0 spiro atoms. The molecule has 0 saturated carbocycles. The van der Waals surface area contributed by atoms with Gasteiger partial charge in [-0.05, 0) is 50.1 Å². The molecule has 0 aromatic heterocycles. The smallest absolute Gasteiger partial charge is 0.333 e. The third-order valence-corrected chi connectivity index (χ3v) is 4.66. The number of ether oxygens (including phenoxy) is 1. The van der Waals surface area contributed by atoms with Crippen LogP contribution in [-0.4, -0.2) is 29.0 Å². The van der Waals surface area contributed by atoms with Crippen LogP contribution in [-0.2, 0) is 27.4 Å². The van der Waals surface area contributed by atoms with Crippen LogP contribution in [0.15, 0.2) is 47.6 Å². The standard InChI is InChI=1S/C21H23Cl2NO4/c1-13(2)28-20(21(25)26)11-15-6-4-7-16(10-15)14(3)24-27-12-17-18(22)8-5-9-19(17)23/h4-10,13,20H,11-12H2,1-3H3,(H,25,26)/b24-14+. The predicted octanol–water partition coefficient (Wildman–Crippen LogP) is 5.35. The Bertz CT molecular complexity index is 832. The maximum absolute atomic E-state index is 11.4. The Morgan fingerprint density at radius 2 is 1.79 bits per heavy atom. The normalized spacial score (nSPS) is 12.9. The van der Waals surface area contributed by atoms with Crippen LogP contribution in [0.5, 0.6) is 0 Å². The van der Waals surface area contributed by atoms with Crippen molar-refractivity contribution in [2.75, 3.05) is 0 Å². The molecule has 2 aromatic carbocycles. The number of aliphatic carboxylic acids is 1. The lowest BCUT2D eigenvalue weighted by atomic mass is 10.0. The summed E-state index contributed by atoms with van der Waals surface area (Å²) in [4.78, 5) is 16.8. The van der Waals surface area contributed by atoms with Crippen molar-refractivity contribution in [1.29, 1.82) is 0 Å². The highest BCUT2D eigenvalue weighted by atomic mass is 35.5. The topological polar surface area (TPSA) is 68.1 Å². The SMILES string of the molecule is C/C(=N\OCc1c(Cl)cccc1Cl)c1cccc(CC(OC(C)C)C(=O)O)c1. The summed E-state index contributed by atoms with van der Waals surface area (Å²) in [5.41, 5.74) is 3.00. The van der Waals surface area contributed by atoms with Crippen LogP contribution in [0.25, 0.3) is 0 Å². The molecule has 0 bridgehead atoms. The van der Waals surface area contributed by atoms with Gasteiger partial charge >= 0.3 is 5.97 Å². The molecule has 0 aliphatic rings. The number of oxime groups is 1. The molecule has 0 saturated heterocycles. The molecular formula is C21H23Cl2NO4. The van der Waals surface area contributed by atoms with Gasteiger partial charge in [0, 0.05) is 22.0 Å². The molecule has 0 aliphatic carbocycles. The van der Waals surface area contributed by atoms with E-state index in [-0.39, 0.29) is 19.1 Å². The van der Waals surface area contributed by atoms with Gasteiger partial charge in [0.05, 0.1) is 11.8 Å². The van der Waals surface area contributed by atoms with Crippen LogP contribution in [0, 0.1) is 0 Å². The number of halogens is 2. The lowest BCUT2D eigenvalue weighted by Gasteiger charge is -2.16. The molecule has 0 heterocycles. The number of benzene rings is 2. The van der Waals surface area contributed by atoms with Crippen molar-refractivity contribution in [2.45, 2.75) is 46.0 Å². The summed E-state index contributed by atoms with van der Waals surface area (Å²) in [5.74, 6) is -0.982. The Hall–Kier alpha value is -2.08. The molecule has 5 nitrogen and oxygen atoms in total. The summed E-state index contributed by atoms with van der Waals surface area (Å²) in [5, 5.41) is 14.5. The monoisotopic (exact) mass is 423 g/mol. The average molecular weight is 424 g/mol. The minimum absolute atomic E-state index is 0.152. The van der Waals surface area contributed by atoms with E-state index in [4.69, 9.17) is 32.8 Å². The van der Waals surface area contributed by atoms with Crippen LogP contribution in [0.2, 0.25) is 10.0 Å². The fourth-order valence-electron chi connectivity index (χ4n) is 2.58. The van der Waals surface area contributed by atoms with Gasteiger partial charge in [-0.3, -0.25) is 0 Å². The third-order valence-electron chi connectivity index (χ3n) is 3.95. The molecule has 0 radical (unpaired) electrons. The van der Waals surface area contributed by atoms with Crippen molar-refractivity contribution >= 4 is 34.9 Å². The summed E-state index contributed by atoms with van der Waals surface area (Å²) in [6.45, 7) is 5.59. The highest BCUT2D eigenvalue weighted by Gasteiger charge is 2.20. The zero-order chi connectivity index (χ0) is 20.7. The molecule has 1 atom stereocenters. The highest BCUT2D eigenvalue weighted by Crippen LogP contribution is 2.25. The van der Waals surface area contributed by atoms with Crippen molar-refractivity contribution in [2.24, 2.45) is 5.16 Å². The van der Waals surface area contributed by atoms with Crippen molar-refractivity contribution in [1.82, 2.24) is 0 Å². The second kappa shape index (κ2) is 10.5. The van der Waals surface area contributed by atoms with Gasteiger partial charge in [0.25, 0.3) is 0 Å². The van der Waals surface area contributed by atoms with E-state index in [0.29, 0.717) is 21.3 Å². The fourth-order valence-corrected chi connectivity index (χ4v) is 3.08. The van der Waals surface area contributed by atoms with E-state index in [1.165, 1.54) is 0 Å². The van der Waals surface area contributed by atoms with E-state index >= 15 is 0 Å². The van der Waals surface area contributed by atoms with E-state index in [9.17, 15) is 9.90 Å². The van der Waals surface area contributed by atoms with Crippen molar-refractivity contribution in [3.63, 3.8) is 0 Å². The molecule has 1 N–H and O–H groups in total. The number of hydrogen-bond donors (Lipinski definition) is 1. The van der Waals surface area contributed by atoms with Gasteiger partial charge in [0.1, 0.15) is 6.61 Å². The van der Waals surface area contributed by atoms with Gasteiger partial charge in [0.15, 0.2) is 6.10 Å². The van der Waals surface area contributed by atoms with E-state index in [0.717, 1.165) is 11.1 Å². The second-order valence-corrected chi connectivity index (χ2v) is 7.38. The second-order valence-electron chi connectivity index (χ2n) is 6.57. The lowest BCUT2D eigenvalue weighted by Crippen LogP contribution is -2.29. The summed E-state index contributed by atoms with van der Waals surface area (Å²) in [6, 6.07) is 12.7. The molecule has 7 heteroatoms. The quantitative estimate of drug-likeness (QED) is 0.435. The zero-order valence-electron chi connectivity index (χ0n) is 16.0. The van der Waals surface area contributed by atoms with Crippen LogP contribution < -0.4 is 0 Å². The first kappa shape index (κ1) is 22.2. The Balaban J connectivity index is 2.07. The van der Waals surface area contributed by atoms with E-state index in [1.54, 1.807) is 18.2 Å². The molecule has 1 unspecified atom stereocenters. The highest BCUT2D eigenvalue weighted by molar-refractivity contribution is 6.35. The van der Waals surface area contributed by atoms with Crippen molar-refractivity contribution in [3.05, 3.63) is 69.2 Å². The molecular weight excluding hydrogens is 401 g/mol. The van der Waals surface area contributed by atoms with E-state index < -0.39 is 12.1 Å². The van der Waals surface area contributed by atoms with Crippen molar-refractivity contribution < 1.29 is 19.5 Å². The van der Waals surface area contributed by atoms with Gasteiger partial charge < -0.3 is 14.7 Å². The minimum Gasteiger partial charge on any atom is -0.479 e. The summed E-state index contributed by atoms with van der Waals surface area (Å²) >= 11 is 12.2. The van der Waals surface area contributed by atoms with Crippen LogP contribution >= 0.6 is 23.2 Å². The first-order valence-electron chi connectivity index (χ1n) is 8.85. The number of carbonyl (C=O) groups is 1. The molecule has 0 aliphatic heterocycles. The Morgan fingerprint density at radius 3 is 2.39 bits per heavy atom. The van der Waals surface area contributed by atoms with Gasteiger partial charge in [-0.25, -0.2) is 4.79 Å². The summed E-state index contributed by atoms with van der Waals surface area (Å²) < 4.78 is 5.47. The van der Waals surface area contributed by atoms with Crippen LogP contribution in [0.4, 0.5) is 0 Å². The molecule has 0 amide bonds. The van der Waals surface area contributed by atoms with Gasteiger partial charge in [-0.2, -0.15) is 0 Å². The maximum Gasteiger partial charge on any atom is 0.333 e. The lowest BCUT2D eigenvalue weighted by molar-refractivity contribution is -0.153. The Morgan fingerprint density at radius 1 is 1.14 bits per heavy atom. The van der Waals surface area contributed by atoms with Gasteiger partial charge in [-0.1, -0.05) is 52.6 Å². The molecule has 28 heavy (non-hydrogen) atoms. The van der Waals surface area contributed by atoms with Crippen LogP contribution in [0.1, 0.15) is 37.5 Å². The Kier molecular flexibility index (Phi) is 8.30. The average Bonchev–Trinajstić information content (AvgIpc) is 2.63.